The van der Waals surface area contributed by atoms with Crippen molar-refractivity contribution in [3.8, 4) is 0 Å². The zero-order valence-corrected chi connectivity index (χ0v) is 19.7. The Balaban J connectivity index is 0.000000407. The summed E-state index contributed by atoms with van der Waals surface area (Å²) in [5.41, 5.74) is 0. The molecule has 2 aliphatic rings. The molecule has 0 spiro atoms. The van der Waals surface area contributed by atoms with E-state index in [4.69, 9.17) is 14.2 Å². The number of rotatable bonds is 6. The van der Waals surface area contributed by atoms with Crippen LogP contribution in [0.2, 0.25) is 0 Å². The summed E-state index contributed by atoms with van der Waals surface area (Å²) in [6.07, 6.45) is 7.21. The average molecular weight is 415 g/mol. The van der Waals surface area contributed by atoms with Crippen molar-refractivity contribution >= 4 is 17.9 Å². The van der Waals surface area contributed by atoms with Crippen LogP contribution in [0.15, 0.2) is 0 Å². The first-order chi connectivity index (χ1) is 13.4. The monoisotopic (exact) mass is 414 g/mol. The third kappa shape index (κ3) is 13.3. The fourth-order valence-corrected chi connectivity index (χ4v) is 1.95. The third-order valence-electron chi connectivity index (χ3n) is 4.44. The normalized spacial score (nSPS) is 16.1. The van der Waals surface area contributed by atoms with Crippen molar-refractivity contribution in [2.75, 3.05) is 0 Å². The molecule has 2 rings (SSSR count). The van der Waals surface area contributed by atoms with Crippen LogP contribution in [-0.4, -0.2) is 36.2 Å². The van der Waals surface area contributed by atoms with Gasteiger partial charge in [0.1, 0.15) is 12.2 Å². The Morgan fingerprint density at radius 1 is 0.586 bits per heavy atom. The second-order valence-corrected chi connectivity index (χ2v) is 8.93. The van der Waals surface area contributed by atoms with E-state index in [1.807, 2.05) is 55.4 Å². The number of carbonyl (C=O) groups is 3. The summed E-state index contributed by atoms with van der Waals surface area (Å²) in [5, 5.41) is 0. The summed E-state index contributed by atoms with van der Waals surface area (Å²) < 4.78 is 15.1. The van der Waals surface area contributed by atoms with Crippen LogP contribution in [0.5, 0.6) is 0 Å². The van der Waals surface area contributed by atoms with Crippen molar-refractivity contribution in [1.29, 1.82) is 0 Å². The van der Waals surface area contributed by atoms with Crippen LogP contribution in [0.1, 0.15) is 93.9 Å². The second-order valence-electron chi connectivity index (χ2n) is 8.93. The van der Waals surface area contributed by atoms with Gasteiger partial charge in [0.05, 0.1) is 23.9 Å². The highest BCUT2D eigenvalue weighted by Gasteiger charge is 2.23. The van der Waals surface area contributed by atoms with Crippen LogP contribution >= 0.6 is 0 Å². The van der Waals surface area contributed by atoms with E-state index in [0.717, 1.165) is 25.7 Å². The Morgan fingerprint density at radius 3 is 1.03 bits per heavy atom. The highest BCUT2D eigenvalue weighted by molar-refractivity contribution is 5.72. The van der Waals surface area contributed by atoms with E-state index in [1.165, 1.54) is 12.8 Å². The average Bonchev–Trinajstić information content (AvgIpc) is 2.54. The molecule has 170 valence electrons. The van der Waals surface area contributed by atoms with E-state index in [1.54, 1.807) is 0 Å². The van der Waals surface area contributed by atoms with E-state index in [9.17, 15) is 14.4 Å². The van der Waals surface area contributed by atoms with Crippen LogP contribution in [0, 0.1) is 17.8 Å². The van der Waals surface area contributed by atoms with Gasteiger partial charge in [-0.15, -0.1) is 0 Å². The fraction of sp³-hybridized carbons (Fsp3) is 0.870. The van der Waals surface area contributed by atoms with E-state index in [0.29, 0.717) is 0 Å². The summed E-state index contributed by atoms with van der Waals surface area (Å²) in [6.45, 7) is 14.8. The minimum atomic E-state index is -0.120. The number of hydrogen-bond acceptors (Lipinski definition) is 6. The smallest absolute Gasteiger partial charge is 0.308 e. The molecule has 0 bridgehead atoms. The van der Waals surface area contributed by atoms with E-state index in [2.05, 4.69) is 0 Å². The Morgan fingerprint density at radius 2 is 0.897 bits per heavy atom. The highest BCUT2D eigenvalue weighted by Crippen LogP contribution is 2.23. The molecule has 0 N–H and O–H groups in total. The van der Waals surface area contributed by atoms with Gasteiger partial charge in [0.15, 0.2) is 0 Å². The maximum atomic E-state index is 10.9. The number of ether oxygens (including phenoxy) is 3. The molecule has 0 radical (unpaired) electrons. The van der Waals surface area contributed by atoms with Crippen LogP contribution in [-0.2, 0) is 28.6 Å². The summed E-state index contributed by atoms with van der Waals surface area (Å²) in [7, 11) is 0. The van der Waals surface area contributed by atoms with Crippen molar-refractivity contribution in [1.82, 2.24) is 0 Å². The standard InChI is InChI=1S/2C8H14O2.C7H14O2/c2*1-6(2)8(9)10-7-4-3-5-7;1-5(2)7(8)9-6(3)4/h2*6-7H,3-5H2,1-2H3;5-6H,1-4H3. The van der Waals surface area contributed by atoms with E-state index in [-0.39, 0.29) is 54.0 Å². The van der Waals surface area contributed by atoms with E-state index >= 15 is 0 Å². The molecule has 0 aromatic rings. The number of carbonyl (C=O) groups excluding carboxylic acids is 3. The molecule has 6 heteroatoms. The molecular formula is C23H42O6. The lowest BCUT2D eigenvalue weighted by Gasteiger charge is -2.25. The first-order valence-corrected chi connectivity index (χ1v) is 11.0. The zero-order chi connectivity index (χ0) is 22.6. The fourth-order valence-electron chi connectivity index (χ4n) is 1.95. The second kappa shape index (κ2) is 14.4. The van der Waals surface area contributed by atoms with Crippen LogP contribution < -0.4 is 0 Å². The van der Waals surface area contributed by atoms with Crippen molar-refractivity contribution < 1.29 is 28.6 Å². The number of esters is 3. The van der Waals surface area contributed by atoms with E-state index < -0.39 is 0 Å². The minimum Gasteiger partial charge on any atom is -0.463 e. The lowest BCUT2D eigenvalue weighted by atomic mass is 9.96. The third-order valence-corrected chi connectivity index (χ3v) is 4.44. The SMILES string of the molecule is CC(C)C(=O)OC1CCC1.CC(C)C(=O)OC1CCC1.CC(C)OC(=O)C(C)C. The van der Waals surface area contributed by atoms with Gasteiger partial charge in [-0.2, -0.15) is 0 Å². The van der Waals surface area contributed by atoms with Gasteiger partial charge in [-0.1, -0.05) is 41.5 Å². The van der Waals surface area contributed by atoms with Gasteiger partial charge in [-0.3, -0.25) is 14.4 Å². The Kier molecular flexibility index (Phi) is 13.6. The molecule has 0 unspecified atom stereocenters. The van der Waals surface area contributed by atoms with Gasteiger partial charge in [0, 0.05) is 0 Å². The molecule has 0 atom stereocenters. The van der Waals surface area contributed by atoms with Gasteiger partial charge in [0.2, 0.25) is 0 Å². The molecule has 0 saturated heterocycles. The maximum Gasteiger partial charge on any atom is 0.308 e. The molecule has 0 heterocycles. The molecule has 0 aromatic heterocycles. The lowest BCUT2D eigenvalue weighted by molar-refractivity contribution is -0.157. The van der Waals surface area contributed by atoms with Crippen LogP contribution in [0.25, 0.3) is 0 Å². The maximum absolute atomic E-state index is 10.9. The molecule has 2 saturated carbocycles. The molecule has 0 amide bonds. The zero-order valence-electron chi connectivity index (χ0n) is 19.7. The van der Waals surface area contributed by atoms with Gasteiger partial charge < -0.3 is 14.2 Å². The summed E-state index contributed by atoms with van der Waals surface area (Å²) in [6, 6.07) is 0. The highest BCUT2D eigenvalue weighted by atomic mass is 16.6. The first kappa shape index (κ1) is 27.4. The predicted octanol–water partition coefficient (Wildman–Crippen LogP) is 5.07. The van der Waals surface area contributed by atoms with Crippen LogP contribution in [0.4, 0.5) is 0 Å². The van der Waals surface area contributed by atoms with Gasteiger partial charge >= 0.3 is 17.9 Å². The first-order valence-electron chi connectivity index (χ1n) is 11.0. The minimum absolute atomic E-state index is 0.00704. The molecule has 0 aromatic carbocycles. The molecule has 2 aliphatic carbocycles. The summed E-state index contributed by atoms with van der Waals surface area (Å²) >= 11 is 0. The van der Waals surface area contributed by atoms with Gasteiger partial charge in [0.25, 0.3) is 0 Å². The van der Waals surface area contributed by atoms with Gasteiger partial charge in [-0.25, -0.2) is 0 Å². The Hall–Kier alpha value is -1.59. The van der Waals surface area contributed by atoms with Crippen molar-refractivity contribution in [3.63, 3.8) is 0 Å². The molecule has 6 nitrogen and oxygen atoms in total. The number of hydrogen-bond donors (Lipinski definition) is 0. The van der Waals surface area contributed by atoms with Crippen molar-refractivity contribution in [3.05, 3.63) is 0 Å². The summed E-state index contributed by atoms with van der Waals surface area (Å²) in [5.74, 6) is -0.173. The van der Waals surface area contributed by atoms with Crippen LogP contribution in [0.3, 0.4) is 0 Å². The largest absolute Gasteiger partial charge is 0.463 e. The molecule has 29 heavy (non-hydrogen) atoms. The topological polar surface area (TPSA) is 78.9 Å². The summed E-state index contributed by atoms with van der Waals surface area (Å²) in [4.78, 5) is 32.6. The Bertz CT molecular complexity index is 456. The lowest BCUT2D eigenvalue weighted by Crippen LogP contribution is -2.27. The van der Waals surface area contributed by atoms with Gasteiger partial charge in [-0.05, 0) is 52.4 Å². The molecular weight excluding hydrogens is 372 g/mol. The molecule has 2 fully saturated rings. The van der Waals surface area contributed by atoms with Crippen molar-refractivity contribution in [2.45, 2.75) is 112 Å². The quantitative estimate of drug-likeness (QED) is 0.446. The van der Waals surface area contributed by atoms with Crippen molar-refractivity contribution in [2.24, 2.45) is 17.8 Å². The Labute approximate surface area is 177 Å². The molecule has 0 aliphatic heterocycles. The predicted molar refractivity (Wildman–Crippen MR) is 113 cm³/mol.